The largest absolute Gasteiger partial charge is 0.493 e. The van der Waals surface area contributed by atoms with Crippen LogP contribution in [0, 0.1) is 6.92 Å². The molecule has 9 heteroatoms. The van der Waals surface area contributed by atoms with Crippen LogP contribution in [0.25, 0.3) is 0 Å². The molecule has 0 aliphatic rings. The summed E-state index contributed by atoms with van der Waals surface area (Å²) in [6.45, 7) is 1.61. The predicted molar refractivity (Wildman–Crippen MR) is 140 cm³/mol. The van der Waals surface area contributed by atoms with Gasteiger partial charge in [-0.15, -0.1) is 0 Å². The number of nitrogens with zero attached hydrogens (tertiary/aromatic N) is 1. The van der Waals surface area contributed by atoms with Crippen LogP contribution in [-0.2, 0) is 16.1 Å². The summed E-state index contributed by atoms with van der Waals surface area (Å²) < 4.78 is 16.1. The summed E-state index contributed by atoms with van der Waals surface area (Å²) in [5.41, 5.74) is 2.75. The summed E-state index contributed by atoms with van der Waals surface area (Å²) in [6, 6.07) is 19.7. The lowest BCUT2D eigenvalue weighted by Gasteiger charge is -2.23. The van der Waals surface area contributed by atoms with Crippen molar-refractivity contribution in [2.45, 2.75) is 13.5 Å². The molecule has 0 fully saturated rings. The number of benzene rings is 3. The first kappa shape index (κ1) is 27.1. The number of amides is 3. The van der Waals surface area contributed by atoms with Crippen LogP contribution < -0.4 is 24.8 Å². The SMILES string of the molecule is COc1cc(C(=O)N(CC(=O)NCC(=O)Nc2cccc(C)c2)Cc2ccccc2)cc(OC)c1OC. The molecule has 0 saturated heterocycles. The number of methoxy groups -OCH3 is 3. The lowest BCUT2D eigenvalue weighted by Crippen LogP contribution is -2.42. The van der Waals surface area contributed by atoms with Crippen molar-refractivity contribution in [2.24, 2.45) is 0 Å². The molecular weight excluding hydrogens is 474 g/mol. The second-order valence-corrected chi connectivity index (χ2v) is 8.26. The second-order valence-electron chi connectivity index (χ2n) is 8.26. The van der Waals surface area contributed by atoms with E-state index in [4.69, 9.17) is 14.2 Å². The van der Waals surface area contributed by atoms with Gasteiger partial charge in [0.2, 0.25) is 17.6 Å². The van der Waals surface area contributed by atoms with E-state index in [-0.39, 0.29) is 31.1 Å². The predicted octanol–water partition coefficient (Wildman–Crippen LogP) is 3.42. The minimum atomic E-state index is -0.476. The van der Waals surface area contributed by atoms with E-state index in [9.17, 15) is 14.4 Å². The minimum Gasteiger partial charge on any atom is -0.493 e. The van der Waals surface area contributed by atoms with Crippen LogP contribution in [0.2, 0.25) is 0 Å². The molecule has 2 N–H and O–H groups in total. The molecule has 3 amide bonds. The van der Waals surface area contributed by atoms with Crippen molar-refractivity contribution in [2.75, 3.05) is 39.7 Å². The molecule has 0 unspecified atom stereocenters. The maximum Gasteiger partial charge on any atom is 0.254 e. The second kappa shape index (κ2) is 13.0. The Bertz CT molecular complexity index is 1220. The van der Waals surface area contributed by atoms with Crippen molar-refractivity contribution in [3.8, 4) is 17.2 Å². The Morgan fingerprint density at radius 3 is 2.08 bits per heavy atom. The zero-order valence-electron chi connectivity index (χ0n) is 21.4. The number of hydrogen-bond acceptors (Lipinski definition) is 6. The Balaban J connectivity index is 1.75. The molecule has 0 spiro atoms. The number of ether oxygens (including phenoxy) is 3. The van der Waals surface area contributed by atoms with Gasteiger partial charge in [-0.3, -0.25) is 14.4 Å². The first-order valence-electron chi connectivity index (χ1n) is 11.6. The quantitative estimate of drug-likeness (QED) is 0.414. The summed E-state index contributed by atoms with van der Waals surface area (Å²) >= 11 is 0. The van der Waals surface area contributed by atoms with Crippen LogP contribution in [0.1, 0.15) is 21.5 Å². The summed E-state index contributed by atoms with van der Waals surface area (Å²) in [6.07, 6.45) is 0. The molecule has 0 aliphatic carbocycles. The molecule has 0 radical (unpaired) electrons. The number of nitrogens with one attached hydrogen (secondary N) is 2. The highest BCUT2D eigenvalue weighted by Gasteiger charge is 2.23. The monoisotopic (exact) mass is 505 g/mol. The number of hydrogen-bond donors (Lipinski definition) is 2. The highest BCUT2D eigenvalue weighted by atomic mass is 16.5. The lowest BCUT2D eigenvalue weighted by atomic mass is 10.1. The third-order valence-electron chi connectivity index (χ3n) is 5.50. The van der Waals surface area contributed by atoms with Gasteiger partial charge in [0.05, 0.1) is 27.9 Å². The van der Waals surface area contributed by atoms with Crippen LogP contribution >= 0.6 is 0 Å². The van der Waals surface area contributed by atoms with Gasteiger partial charge in [-0.05, 0) is 42.3 Å². The summed E-state index contributed by atoms with van der Waals surface area (Å²) in [5, 5.41) is 5.33. The van der Waals surface area contributed by atoms with E-state index in [2.05, 4.69) is 10.6 Å². The Morgan fingerprint density at radius 2 is 1.49 bits per heavy atom. The van der Waals surface area contributed by atoms with Crippen molar-refractivity contribution >= 4 is 23.4 Å². The van der Waals surface area contributed by atoms with Gasteiger partial charge in [-0.2, -0.15) is 0 Å². The molecule has 0 saturated carbocycles. The molecule has 194 valence electrons. The molecule has 37 heavy (non-hydrogen) atoms. The van der Waals surface area contributed by atoms with Crippen LogP contribution in [0.15, 0.2) is 66.7 Å². The van der Waals surface area contributed by atoms with E-state index in [1.54, 1.807) is 6.07 Å². The van der Waals surface area contributed by atoms with Gasteiger partial charge in [-0.25, -0.2) is 0 Å². The third-order valence-corrected chi connectivity index (χ3v) is 5.50. The molecule has 0 aliphatic heterocycles. The Labute approximate surface area is 216 Å². The number of rotatable bonds is 11. The Morgan fingerprint density at radius 1 is 0.811 bits per heavy atom. The van der Waals surface area contributed by atoms with Crippen LogP contribution in [0.3, 0.4) is 0 Å². The Kier molecular flexibility index (Phi) is 9.48. The lowest BCUT2D eigenvalue weighted by molar-refractivity contribution is -0.124. The van der Waals surface area contributed by atoms with Crippen molar-refractivity contribution < 1.29 is 28.6 Å². The number of anilines is 1. The average molecular weight is 506 g/mol. The minimum absolute atomic E-state index is 0.180. The van der Waals surface area contributed by atoms with Gasteiger partial charge in [0.1, 0.15) is 6.54 Å². The molecular formula is C28H31N3O6. The first-order chi connectivity index (χ1) is 17.8. The fourth-order valence-electron chi connectivity index (χ4n) is 3.73. The number of carbonyl (C=O) groups excluding carboxylic acids is 3. The van der Waals surface area contributed by atoms with E-state index in [1.165, 1.54) is 38.4 Å². The Hall–Kier alpha value is -4.53. The molecule has 0 aromatic heterocycles. The summed E-state index contributed by atoms with van der Waals surface area (Å²) in [4.78, 5) is 40.0. The van der Waals surface area contributed by atoms with Gasteiger partial charge in [0, 0.05) is 17.8 Å². The van der Waals surface area contributed by atoms with E-state index in [1.807, 2.05) is 55.5 Å². The van der Waals surface area contributed by atoms with Crippen molar-refractivity contribution in [3.63, 3.8) is 0 Å². The fraction of sp³-hybridized carbons (Fsp3) is 0.250. The van der Waals surface area contributed by atoms with Crippen molar-refractivity contribution in [3.05, 3.63) is 83.4 Å². The molecule has 0 heterocycles. The van der Waals surface area contributed by atoms with Crippen molar-refractivity contribution in [1.82, 2.24) is 10.2 Å². The molecule has 0 bridgehead atoms. The highest BCUT2D eigenvalue weighted by Crippen LogP contribution is 2.38. The van der Waals surface area contributed by atoms with Crippen LogP contribution in [0.5, 0.6) is 17.2 Å². The standard InChI is InChI=1S/C28H31N3O6/c1-19-9-8-12-22(13-19)30-25(32)16-29-26(33)18-31(17-20-10-6-5-7-11-20)28(34)21-14-23(35-2)27(37-4)24(15-21)36-3/h5-15H,16-18H2,1-4H3,(H,29,33)(H,30,32). The summed E-state index contributed by atoms with van der Waals surface area (Å²) in [5.74, 6) is -0.263. The smallest absolute Gasteiger partial charge is 0.254 e. The maximum absolute atomic E-state index is 13.5. The van der Waals surface area contributed by atoms with Gasteiger partial charge in [-0.1, -0.05) is 42.5 Å². The number of carbonyl (C=O) groups is 3. The molecule has 0 atom stereocenters. The molecule has 9 nitrogen and oxygen atoms in total. The normalized spacial score (nSPS) is 10.3. The van der Waals surface area contributed by atoms with Gasteiger partial charge >= 0.3 is 0 Å². The van der Waals surface area contributed by atoms with Gasteiger partial charge < -0.3 is 29.7 Å². The van der Waals surface area contributed by atoms with E-state index < -0.39 is 11.8 Å². The van der Waals surface area contributed by atoms with Crippen LogP contribution in [0.4, 0.5) is 5.69 Å². The molecule has 3 aromatic carbocycles. The zero-order chi connectivity index (χ0) is 26.8. The van der Waals surface area contributed by atoms with Crippen molar-refractivity contribution in [1.29, 1.82) is 0 Å². The topological polar surface area (TPSA) is 106 Å². The third kappa shape index (κ3) is 7.47. The van der Waals surface area contributed by atoms with Gasteiger partial charge in [0.25, 0.3) is 5.91 Å². The maximum atomic E-state index is 13.5. The molecule has 3 aromatic rings. The van der Waals surface area contributed by atoms with Crippen LogP contribution in [-0.4, -0.2) is 57.0 Å². The average Bonchev–Trinajstić information content (AvgIpc) is 2.90. The fourth-order valence-corrected chi connectivity index (χ4v) is 3.73. The van der Waals surface area contributed by atoms with E-state index in [0.717, 1.165) is 11.1 Å². The summed E-state index contributed by atoms with van der Waals surface area (Å²) in [7, 11) is 4.40. The zero-order valence-corrected chi connectivity index (χ0v) is 21.4. The number of aryl methyl sites for hydroxylation is 1. The van der Waals surface area contributed by atoms with E-state index >= 15 is 0 Å². The first-order valence-corrected chi connectivity index (χ1v) is 11.6. The molecule has 3 rings (SSSR count). The highest BCUT2D eigenvalue weighted by molar-refractivity contribution is 5.99. The van der Waals surface area contributed by atoms with Gasteiger partial charge in [0.15, 0.2) is 11.5 Å². The van der Waals surface area contributed by atoms with E-state index in [0.29, 0.717) is 22.9 Å².